The van der Waals surface area contributed by atoms with Crippen LogP contribution in [0.4, 0.5) is 10.1 Å². The van der Waals surface area contributed by atoms with Crippen LogP contribution in [0.3, 0.4) is 0 Å². The fraction of sp³-hybridized carbons (Fsp3) is 0.333. The van der Waals surface area contributed by atoms with E-state index in [4.69, 9.17) is 15.3 Å². The summed E-state index contributed by atoms with van der Waals surface area (Å²) in [5.41, 5.74) is 0.932. The lowest BCUT2D eigenvalue weighted by Gasteiger charge is -2.32. The number of benzene rings is 1. The second-order valence-corrected chi connectivity index (χ2v) is 3.71. The molecule has 17 heavy (non-hydrogen) atoms. The second kappa shape index (κ2) is 4.82. The lowest BCUT2D eigenvalue weighted by atomic mass is 10.1. The number of morpholine rings is 1. The van der Waals surface area contributed by atoms with Crippen LogP contribution in [0.1, 0.15) is 5.56 Å². The minimum atomic E-state index is -0.500. The normalized spacial score (nSPS) is 19.5. The lowest BCUT2D eigenvalue weighted by Crippen LogP contribution is -2.42. The molecule has 1 saturated heterocycles. The first-order valence-corrected chi connectivity index (χ1v) is 5.20. The van der Waals surface area contributed by atoms with Crippen molar-refractivity contribution in [1.82, 2.24) is 0 Å². The number of rotatable bonds is 1. The van der Waals surface area contributed by atoms with Crippen molar-refractivity contribution in [1.29, 1.82) is 10.5 Å². The summed E-state index contributed by atoms with van der Waals surface area (Å²) in [6.07, 6.45) is -0.500. The van der Waals surface area contributed by atoms with E-state index in [0.717, 1.165) is 0 Å². The molecule has 0 radical (unpaired) electrons. The molecule has 1 unspecified atom stereocenters. The van der Waals surface area contributed by atoms with E-state index in [9.17, 15) is 4.39 Å². The van der Waals surface area contributed by atoms with Gasteiger partial charge in [-0.3, -0.25) is 0 Å². The van der Waals surface area contributed by atoms with E-state index in [2.05, 4.69) is 0 Å². The molecule has 5 heteroatoms. The highest BCUT2D eigenvalue weighted by atomic mass is 19.1. The number of nitrogens with zero attached hydrogens (tertiary/aromatic N) is 3. The van der Waals surface area contributed by atoms with Crippen LogP contribution in [0.5, 0.6) is 0 Å². The quantitative estimate of drug-likeness (QED) is 0.733. The Bertz CT molecular complexity index is 503. The summed E-state index contributed by atoms with van der Waals surface area (Å²) in [5, 5.41) is 17.8. The van der Waals surface area contributed by atoms with E-state index in [-0.39, 0.29) is 5.56 Å². The van der Waals surface area contributed by atoms with E-state index in [1.165, 1.54) is 12.1 Å². The second-order valence-electron chi connectivity index (χ2n) is 3.71. The highest BCUT2D eigenvalue weighted by molar-refractivity contribution is 5.59. The molecule has 1 atom stereocenters. The Balaban J connectivity index is 2.28. The maximum atomic E-state index is 13.0. The third-order valence-corrected chi connectivity index (χ3v) is 2.63. The maximum absolute atomic E-state index is 13.0. The average Bonchev–Trinajstić information content (AvgIpc) is 2.38. The monoisotopic (exact) mass is 231 g/mol. The van der Waals surface area contributed by atoms with E-state index >= 15 is 0 Å². The van der Waals surface area contributed by atoms with Crippen molar-refractivity contribution in [2.75, 3.05) is 24.6 Å². The molecule has 1 aliphatic heterocycles. The van der Waals surface area contributed by atoms with Gasteiger partial charge < -0.3 is 9.64 Å². The lowest BCUT2D eigenvalue weighted by molar-refractivity contribution is 0.0764. The highest BCUT2D eigenvalue weighted by Crippen LogP contribution is 2.23. The van der Waals surface area contributed by atoms with Gasteiger partial charge in [0.05, 0.1) is 30.5 Å². The standard InChI is InChI=1S/C12H10FN3O/c13-10-1-2-12(9(5-10)6-14)16-3-4-17-11(7-15)8-16/h1-2,5,11H,3-4,8H2. The van der Waals surface area contributed by atoms with Gasteiger partial charge in [0.15, 0.2) is 6.10 Å². The molecule has 0 bridgehead atoms. The van der Waals surface area contributed by atoms with Gasteiger partial charge in [-0.1, -0.05) is 0 Å². The minimum Gasteiger partial charge on any atom is -0.364 e. The summed E-state index contributed by atoms with van der Waals surface area (Å²) in [7, 11) is 0. The summed E-state index contributed by atoms with van der Waals surface area (Å²) in [6, 6.07) is 8.07. The molecule has 0 aliphatic carbocycles. The van der Waals surface area contributed by atoms with Gasteiger partial charge in [0.1, 0.15) is 11.9 Å². The zero-order valence-corrected chi connectivity index (χ0v) is 9.06. The van der Waals surface area contributed by atoms with Gasteiger partial charge >= 0.3 is 0 Å². The molecule has 0 N–H and O–H groups in total. The van der Waals surface area contributed by atoms with Crippen molar-refractivity contribution < 1.29 is 9.13 Å². The number of hydrogen-bond acceptors (Lipinski definition) is 4. The molecule has 0 amide bonds. The third-order valence-electron chi connectivity index (χ3n) is 2.63. The molecule has 1 aliphatic rings. The first-order chi connectivity index (χ1) is 8.24. The Labute approximate surface area is 98.4 Å². The van der Waals surface area contributed by atoms with Crippen LogP contribution in [0.15, 0.2) is 18.2 Å². The van der Waals surface area contributed by atoms with Crippen molar-refractivity contribution in [3.8, 4) is 12.1 Å². The first kappa shape index (κ1) is 11.4. The van der Waals surface area contributed by atoms with Gasteiger partial charge in [-0.05, 0) is 18.2 Å². The molecule has 1 aromatic rings. The van der Waals surface area contributed by atoms with Crippen LogP contribution in [0.25, 0.3) is 0 Å². The molecule has 0 aromatic heterocycles. The zero-order chi connectivity index (χ0) is 12.3. The molecule has 0 spiro atoms. The molecule has 1 aromatic carbocycles. The molecule has 1 fully saturated rings. The van der Waals surface area contributed by atoms with E-state index in [0.29, 0.717) is 25.4 Å². The van der Waals surface area contributed by atoms with Crippen molar-refractivity contribution in [3.63, 3.8) is 0 Å². The molecule has 4 nitrogen and oxygen atoms in total. The predicted molar refractivity (Wildman–Crippen MR) is 58.7 cm³/mol. The number of anilines is 1. The van der Waals surface area contributed by atoms with Crippen LogP contribution in [-0.4, -0.2) is 25.8 Å². The smallest absolute Gasteiger partial charge is 0.161 e. The summed E-state index contributed by atoms with van der Waals surface area (Å²) < 4.78 is 18.2. The number of halogens is 1. The van der Waals surface area contributed by atoms with Crippen molar-refractivity contribution in [3.05, 3.63) is 29.6 Å². The van der Waals surface area contributed by atoms with Crippen molar-refractivity contribution in [2.45, 2.75) is 6.10 Å². The van der Waals surface area contributed by atoms with Crippen LogP contribution in [0.2, 0.25) is 0 Å². The Morgan fingerprint density at radius 2 is 2.24 bits per heavy atom. The van der Waals surface area contributed by atoms with Gasteiger partial charge in [-0.25, -0.2) is 4.39 Å². The Kier molecular flexibility index (Phi) is 3.22. The van der Waals surface area contributed by atoms with Crippen molar-refractivity contribution >= 4 is 5.69 Å². The first-order valence-electron chi connectivity index (χ1n) is 5.20. The van der Waals surface area contributed by atoms with Crippen LogP contribution < -0.4 is 4.90 Å². The summed E-state index contributed by atoms with van der Waals surface area (Å²) >= 11 is 0. The van der Waals surface area contributed by atoms with Gasteiger partial charge in [-0.15, -0.1) is 0 Å². The Morgan fingerprint density at radius 3 is 2.94 bits per heavy atom. The van der Waals surface area contributed by atoms with Gasteiger partial charge in [0.25, 0.3) is 0 Å². The van der Waals surface area contributed by atoms with Gasteiger partial charge in [-0.2, -0.15) is 10.5 Å². The van der Waals surface area contributed by atoms with Crippen LogP contribution in [-0.2, 0) is 4.74 Å². The highest BCUT2D eigenvalue weighted by Gasteiger charge is 2.22. The molecule has 2 rings (SSSR count). The maximum Gasteiger partial charge on any atom is 0.161 e. The molecular weight excluding hydrogens is 221 g/mol. The van der Waals surface area contributed by atoms with Crippen LogP contribution >= 0.6 is 0 Å². The fourth-order valence-electron chi connectivity index (χ4n) is 1.82. The number of nitriles is 2. The minimum absolute atomic E-state index is 0.281. The van der Waals surface area contributed by atoms with Gasteiger partial charge in [0, 0.05) is 6.54 Å². The summed E-state index contributed by atoms with van der Waals surface area (Å²) in [6.45, 7) is 1.43. The van der Waals surface area contributed by atoms with E-state index in [1.54, 1.807) is 6.07 Å². The number of ether oxygens (including phenoxy) is 1. The summed E-state index contributed by atoms with van der Waals surface area (Å²) in [5.74, 6) is -0.435. The SMILES string of the molecule is N#Cc1cc(F)ccc1N1CCOC(C#N)C1. The molecule has 1 heterocycles. The molecular formula is C12H10FN3O. The average molecular weight is 231 g/mol. The topological polar surface area (TPSA) is 60.1 Å². The Morgan fingerprint density at radius 1 is 1.41 bits per heavy atom. The number of hydrogen-bond donors (Lipinski definition) is 0. The third kappa shape index (κ3) is 2.35. The van der Waals surface area contributed by atoms with Crippen molar-refractivity contribution in [2.24, 2.45) is 0 Å². The predicted octanol–water partition coefficient (Wildman–Crippen LogP) is 1.43. The van der Waals surface area contributed by atoms with E-state index in [1.807, 2.05) is 17.0 Å². The van der Waals surface area contributed by atoms with Gasteiger partial charge in [0.2, 0.25) is 0 Å². The fourth-order valence-corrected chi connectivity index (χ4v) is 1.82. The summed E-state index contributed by atoms with van der Waals surface area (Å²) in [4.78, 5) is 1.87. The van der Waals surface area contributed by atoms with E-state index < -0.39 is 11.9 Å². The largest absolute Gasteiger partial charge is 0.364 e. The Hall–Kier alpha value is -2.11. The molecule has 86 valence electrons. The molecule has 0 saturated carbocycles. The zero-order valence-electron chi connectivity index (χ0n) is 9.06. The van der Waals surface area contributed by atoms with Crippen LogP contribution in [0, 0.1) is 28.5 Å².